The van der Waals surface area contributed by atoms with E-state index in [9.17, 15) is 22.1 Å². The summed E-state index contributed by atoms with van der Waals surface area (Å²) in [7, 11) is -6.87. The van der Waals surface area contributed by atoms with Gasteiger partial charge in [-0.2, -0.15) is 22.3 Å². The molecule has 186 valence electrons. The number of H-pyrrole nitrogens is 1. The standard InChI is InChI=1S/C22H32N6O4S2/c1-17-14-20(19-2-8-24-21(19)25-17)26-10-11-28(22(16-26)5-6-22)34(31,32)27(9-7-23)15-18-3-12-33(29,30)13-4-18/h2,8,17-18H,3-6,9-16H2,1H3,(H,24,25). The predicted octanol–water partition coefficient (Wildman–Crippen LogP) is -0.420. The van der Waals surface area contributed by atoms with Crippen molar-refractivity contribution in [2.45, 2.75) is 50.6 Å². The van der Waals surface area contributed by atoms with Crippen molar-refractivity contribution >= 4 is 25.7 Å². The van der Waals surface area contributed by atoms with E-state index in [0.29, 0.717) is 32.5 Å². The van der Waals surface area contributed by atoms with Crippen LogP contribution >= 0.6 is 0 Å². The predicted molar refractivity (Wildman–Crippen MR) is 127 cm³/mol. The molecule has 4 heterocycles. The molecule has 0 amide bonds. The van der Waals surface area contributed by atoms with E-state index in [1.807, 2.05) is 18.3 Å². The van der Waals surface area contributed by atoms with Crippen molar-refractivity contribution in [1.29, 1.82) is 5.26 Å². The molecule has 0 bridgehead atoms. The fourth-order valence-electron chi connectivity index (χ4n) is 5.63. The molecule has 5 rings (SSSR count). The normalized spacial score (nSPS) is 26.8. The third-order valence-corrected chi connectivity index (χ3v) is 11.4. The second kappa shape index (κ2) is 8.62. The van der Waals surface area contributed by atoms with Crippen LogP contribution in [0.1, 0.15) is 39.0 Å². The van der Waals surface area contributed by atoms with Gasteiger partial charge < -0.3 is 9.88 Å². The van der Waals surface area contributed by atoms with Gasteiger partial charge in [-0.15, -0.1) is 0 Å². The van der Waals surface area contributed by atoms with Crippen molar-refractivity contribution in [3.05, 3.63) is 23.0 Å². The zero-order valence-electron chi connectivity index (χ0n) is 19.5. The van der Waals surface area contributed by atoms with E-state index >= 15 is 0 Å². The summed E-state index contributed by atoms with van der Waals surface area (Å²) in [6.07, 6.45) is 5.23. The molecule has 1 unspecified atom stereocenters. The number of rotatable bonds is 6. The molecule has 2 saturated heterocycles. The van der Waals surface area contributed by atoms with Crippen LogP contribution in [-0.4, -0.2) is 91.1 Å². The molecule has 0 aromatic carbocycles. The Balaban J connectivity index is 1.36. The maximum Gasteiger partial charge on any atom is 0.283 e. The van der Waals surface area contributed by atoms with E-state index < -0.39 is 25.6 Å². The molecule has 3 fully saturated rings. The van der Waals surface area contributed by atoms with Gasteiger partial charge in [-0.25, -0.2) is 8.42 Å². The highest BCUT2D eigenvalue weighted by Crippen LogP contribution is 2.47. The van der Waals surface area contributed by atoms with Crippen LogP contribution < -0.4 is 10.7 Å². The Morgan fingerprint density at radius 2 is 2.03 bits per heavy atom. The minimum absolute atomic E-state index is 0.0434. The molecular weight excluding hydrogens is 476 g/mol. The lowest BCUT2D eigenvalue weighted by molar-refractivity contribution is 0.153. The van der Waals surface area contributed by atoms with Crippen molar-refractivity contribution in [3.63, 3.8) is 0 Å². The average Bonchev–Trinajstić information content (AvgIpc) is 3.36. The number of nitriles is 1. The minimum atomic E-state index is -3.84. The molecule has 3 aliphatic heterocycles. The maximum atomic E-state index is 13.8. The lowest BCUT2D eigenvalue weighted by Crippen LogP contribution is -2.60. The smallest absolute Gasteiger partial charge is 0.283 e. The molecule has 1 aliphatic carbocycles. The molecule has 1 aromatic heterocycles. The van der Waals surface area contributed by atoms with Crippen molar-refractivity contribution < 1.29 is 16.8 Å². The van der Waals surface area contributed by atoms with Gasteiger partial charge in [0.15, 0.2) is 0 Å². The van der Waals surface area contributed by atoms with E-state index in [2.05, 4.69) is 21.8 Å². The highest BCUT2D eigenvalue weighted by Gasteiger charge is 2.57. The summed E-state index contributed by atoms with van der Waals surface area (Å²) in [5.74, 6) is 0.134. The van der Waals surface area contributed by atoms with Crippen molar-refractivity contribution in [2.75, 3.05) is 44.2 Å². The summed E-state index contributed by atoms with van der Waals surface area (Å²) in [5, 5.41) is 10.5. The first-order valence-electron chi connectivity index (χ1n) is 12.0. The summed E-state index contributed by atoms with van der Waals surface area (Å²) in [4.78, 5) is 10.2. The van der Waals surface area contributed by atoms with Gasteiger partial charge in [0.05, 0.1) is 29.2 Å². The van der Waals surface area contributed by atoms with Crippen LogP contribution in [0.25, 0.3) is 5.70 Å². The first kappa shape index (κ1) is 23.8. The third kappa shape index (κ3) is 4.39. The second-order valence-electron chi connectivity index (χ2n) is 10.1. The fraction of sp³-hybridized carbons (Fsp3) is 0.727. The molecule has 1 spiro atoms. The highest BCUT2D eigenvalue weighted by atomic mass is 32.2. The van der Waals surface area contributed by atoms with Crippen LogP contribution in [0.5, 0.6) is 0 Å². The van der Waals surface area contributed by atoms with E-state index in [-0.39, 0.29) is 36.6 Å². The number of sulfone groups is 1. The summed E-state index contributed by atoms with van der Waals surface area (Å²) in [5.41, 5.74) is 1.67. The molecule has 34 heavy (non-hydrogen) atoms. The van der Waals surface area contributed by atoms with Crippen LogP contribution in [0.4, 0.5) is 0 Å². The Morgan fingerprint density at radius 1 is 1.29 bits per heavy atom. The van der Waals surface area contributed by atoms with Crippen LogP contribution in [0.2, 0.25) is 0 Å². The van der Waals surface area contributed by atoms with E-state index in [4.69, 9.17) is 0 Å². The number of hydrogen-bond acceptors (Lipinski definition) is 7. The molecule has 10 nitrogen and oxygen atoms in total. The maximum absolute atomic E-state index is 13.8. The second-order valence-corrected chi connectivity index (χ2v) is 14.3. The number of aromatic amines is 1. The first-order valence-corrected chi connectivity index (χ1v) is 15.2. The summed E-state index contributed by atoms with van der Waals surface area (Å²) in [6, 6.07) is 4.23. The summed E-state index contributed by atoms with van der Waals surface area (Å²) in [6.45, 7) is 3.68. The van der Waals surface area contributed by atoms with Gasteiger partial charge in [0.25, 0.3) is 10.2 Å². The quantitative estimate of drug-likeness (QED) is 0.520. The Bertz CT molecular complexity index is 1310. The molecule has 0 radical (unpaired) electrons. The van der Waals surface area contributed by atoms with E-state index in [0.717, 1.165) is 30.0 Å². The Kier molecular flexibility index (Phi) is 6.03. The van der Waals surface area contributed by atoms with Gasteiger partial charge >= 0.3 is 0 Å². The molecular formula is C22H32N6O4S2. The van der Waals surface area contributed by atoms with Gasteiger partial charge in [0.2, 0.25) is 0 Å². The largest absolute Gasteiger partial charge is 0.371 e. The van der Waals surface area contributed by atoms with Gasteiger partial charge in [-0.1, -0.05) is 0 Å². The van der Waals surface area contributed by atoms with Crippen molar-refractivity contribution in [1.82, 2.24) is 18.5 Å². The average molecular weight is 509 g/mol. The zero-order chi connectivity index (χ0) is 24.1. The van der Waals surface area contributed by atoms with Gasteiger partial charge in [0, 0.05) is 49.7 Å². The van der Waals surface area contributed by atoms with Gasteiger partial charge in [-0.3, -0.25) is 4.99 Å². The highest BCUT2D eigenvalue weighted by molar-refractivity contribution is 7.91. The van der Waals surface area contributed by atoms with Crippen LogP contribution in [0.3, 0.4) is 0 Å². The van der Waals surface area contributed by atoms with Crippen LogP contribution in [0.15, 0.2) is 17.3 Å². The number of nitrogens with zero attached hydrogens (tertiary/aromatic N) is 5. The molecule has 1 N–H and O–H groups in total. The third-order valence-electron chi connectivity index (χ3n) is 7.66. The van der Waals surface area contributed by atoms with Gasteiger partial charge in [-0.05, 0) is 44.6 Å². The topological polar surface area (TPSA) is 130 Å². The summed E-state index contributed by atoms with van der Waals surface area (Å²) < 4.78 is 54.0. The lowest BCUT2D eigenvalue weighted by Gasteiger charge is -2.45. The number of aromatic nitrogens is 1. The SMILES string of the molecule is CC1CC(N2CCN(S(=O)(=O)N(CC#N)CC3CCS(=O)(=O)CC3)C3(CC3)C2)=c2cc[nH]c2=N1. The first-order chi connectivity index (χ1) is 16.1. The number of hydrogen-bond donors (Lipinski definition) is 1. The van der Waals surface area contributed by atoms with Gasteiger partial charge in [0.1, 0.15) is 21.9 Å². The Labute approximate surface area is 201 Å². The monoisotopic (exact) mass is 508 g/mol. The Hall–Kier alpha value is -1.94. The molecule has 1 atom stereocenters. The van der Waals surface area contributed by atoms with Crippen molar-refractivity contribution in [3.8, 4) is 6.07 Å². The zero-order valence-corrected chi connectivity index (χ0v) is 21.1. The molecule has 4 aliphatic rings. The molecule has 12 heteroatoms. The number of fused-ring (bicyclic) bond motifs is 1. The minimum Gasteiger partial charge on any atom is -0.371 e. The molecule has 1 aromatic rings. The number of piperazine rings is 1. The molecule has 1 saturated carbocycles. The summed E-state index contributed by atoms with van der Waals surface area (Å²) >= 11 is 0. The van der Waals surface area contributed by atoms with Crippen LogP contribution in [-0.2, 0) is 20.0 Å². The lowest BCUT2D eigenvalue weighted by atomic mass is 10.0. The van der Waals surface area contributed by atoms with Crippen LogP contribution in [0, 0.1) is 17.2 Å². The Morgan fingerprint density at radius 3 is 2.71 bits per heavy atom. The van der Waals surface area contributed by atoms with Crippen molar-refractivity contribution in [2.24, 2.45) is 10.9 Å². The fourth-order valence-corrected chi connectivity index (χ4v) is 9.16. The van der Waals surface area contributed by atoms with E-state index in [1.54, 1.807) is 4.31 Å². The van der Waals surface area contributed by atoms with E-state index in [1.165, 1.54) is 10.0 Å². The number of nitrogens with one attached hydrogen (secondary N) is 1.